The van der Waals surface area contributed by atoms with Gasteiger partial charge in [0.1, 0.15) is 0 Å². The third kappa shape index (κ3) is 2.67. The highest BCUT2D eigenvalue weighted by Crippen LogP contribution is 2.14. The Hall–Kier alpha value is -0.640. The van der Waals surface area contributed by atoms with Gasteiger partial charge in [-0.3, -0.25) is 9.69 Å². The van der Waals surface area contributed by atoms with Crippen molar-refractivity contribution < 1.29 is 9.18 Å². The number of carbonyl (C=O) groups excluding carboxylic acids is 1. The van der Waals surface area contributed by atoms with Crippen LogP contribution in [0.3, 0.4) is 0 Å². The van der Waals surface area contributed by atoms with Gasteiger partial charge in [-0.25, -0.2) is 4.39 Å². The highest BCUT2D eigenvalue weighted by Gasteiger charge is 2.34. The molecule has 0 aliphatic carbocycles. The normalized spacial score (nSPS) is 19.6. The molecule has 0 atom stereocenters. The molecule has 0 unspecified atom stereocenters. The molecule has 4 heteroatoms. The maximum Gasteiger partial charge on any atom is 0.257 e. The van der Waals surface area contributed by atoms with Crippen LogP contribution in [0.5, 0.6) is 0 Å². The van der Waals surface area contributed by atoms with Crippen LogP contribution >= 0.6 is 0 Å². The van der Waals surface area contributed by atoms with E-state index in [4.69, 9.17) is 0 Å². The number of hydrogen-bond acceptors (Lipinski definition) is 2. The molecule has 1 N–H and O–H groups in total. The minimum Gasteiger partial charge on any atom is -0.348 e. The summed E-state index contributed by atoms with van der Waals surface area (Å²) in [6, 6.07) is 0.626. The summed E-state index contributed by atoms with van der Waals surface area (Å²) in [5.41, 5.74) is -1.77. The fourth-order valence-corrected chi connectivity index (χ4v) is 1.38. The van der Waals surface area contributed by atoms with Crippen LogP contribution in [0.15, 0.2) is 0 Å². The van der Waals surface area contributed by atoms with Crippen molar-refractivity contribution in [3.05, 3.63) is 0 Å². The molecule has 1 rings (SSSR count). The Morgan fingerprint density at radius 1 is 1.50 bits per heavy atom. The summed E-state index contributed by atoms with van der Waals surface area (Å²) in [4.78, 5) is 13.5. The van der Waals surface area contributed by atoms with E-state index >= 15 is 0 Å². The van der Waals surface area contributed by atoms with Crippen LogP contribution in [-0.4, -0.2) is 41.6 Å². The number of nitrogens with one attached hydrogen (secondary N) is 1. The number of alkyl halides is 1. The zero-order valence-electron chi connectivity index (χ0n) is 9.30. The molecule has 0 radical (unpaired) electrons. The van der Waals surface area contributed by atoms with Crippen molar-refractivity contribution in [3.8, 4) is 0 Å². The monoisotopic (exact) mass is 202 g/mol. The van der Waals surface area contributed by atoms with Crippen LogP contribution in [0.1, 0.15) is 27.7 Å². The standard InChI is InChI=1S/C10H19FN2O/c1-7(2)13-5-8(6-13)12-9(14)10(3,4)11/h7-8H,5-6H2,1-4H3,(H,12,14). The van der Waals surface area contributed by atoms with E-state index in [0.717, 1.165) is 13.1 Å². The Morgan fingerprint density at radius 2 is 2.00 bits per heavy atom. The predicted molar refractivity (Wildman–Crippen MR) is 53.8 cm³/mol. The number of hydrogen-bond donors (Lipinski definition) is 1. The lowest BCUT2D eigenvalue weighted by Gasteiger charge is -2.42. The van der Waals surface area contributed by atoms with Crippen LogP contribution in [0, 0.1) is 0 Å². The molecule has 0 aromatic carbocycles. The molecule has 1 aliphatic rings. The van der Waals surface area contributed by atoms with Crippen LogP contribution in [-0.2, 0) is 4.79 Å². The van der Waals surface area contributed by atoms with Crippen LogP contribution < -0.4 is 5.32 Å². The minimum absolute atomic E-state index is 0.125. The second-order valence-corrected chi connectivity index (χ2v) is 4.69. The maximum atomic E-state index is 13.1. The SMILES string of the molecule is CC(C)N1CC(NC(=O)C(C)(C)F)C1. The van der Waals surface area contributed by atoms with Gasteiger partial charge < -0.3 is 5.32 Å². The molecule has 14 heavy (non-hydrogen) atoms. The molecule has 1 aliphatic heterocycles. The van der Waals surface area contributed by atoms with Gasteiger partial charge in [-0.05, 0) is 27.7 Å². The first-order valence-electron chi connectivity index (χ1n) is 5.04. The Bertz CT molecular complexity index is 217. The van der Waals surface area contributed by atoms with Crippen LogP contribution in [0.2, 0.25) is 0 Å². The molecule has 82 valence electrons. The number of halogens is 1. The van der Waals surface area contributed by atoms with E-state index in [2.05, 4.69) is 24.1 Å². The molecular weight excluding hydrogens is 183 g/mol. The van der Waals surface area contributed by atoms with Crippen molar-refractivity contribution in [2.24, 2.45) is 0 Å². The lowest BCUT2D eigenvalue weighted by atomic mass is 10.0. The van der Waals surface area contributed by atoms with Gasteiger partial charge in [-0.15, -0.1) is 0 Å². The van der Waals surface area contributed by atoms with Gasteiger partial charge >= 0.3 is 0 Å². The molecule has 1 heterocycles. The second-order valence-electron chi connectivity index (χ2n) is 4.69. The van der Waals surface area contributed by atoms with E-state index in [9.17, 15) is 9.18 Å². The van der Waals surface area contributed by atoms with Gasteiger partial charge in [0.15, 0.2) is 5.67 Å². The topological polar surface area (TPSA) is 32.3 Å². The Morgan fingerprint density at radius 3 is 2.36 bits per heavy atom. The summed E-state index contributed by atoms with van der Waals surface area (Å²) >= 11 is 0. The van der Waals surface area contributed by atoms with Crippen molar-refractivity contribution in [3.63, 3.8) is 0 Å². The molecular formula is C10H19FN2O. The van der Waals surface area contributed by atoms with E-state index in [1.165, 1.54) is 13.8 Å². The Kier molecular flexibility index (Phi) is 3.14. The van der Waals surface area contributed by atoms with E-state index in [-0.39, 0.29) is 6.04 Å². The van der Waals surface area contributed by atoms with E-state index in [1.54, 1.807) is 0 Å². The lowest BCUT2D eigenvalue weighted by Crippen LogP contribution is -2.62. The fourth-order valence-electron chi connectivity index (χ4n) is 1.38. The first kappa shape index (κ1) is 11.4. The zero-order valence-corrected chi connectivity index (χ0v) is 9.30. The average molecular weight is 202 g/mol. The number of nitrogens with zero attached hydrogens (tertiary/aromatic N) is 1. The highest BCUT2D eigenvalue weighted by molar-refractivity contribution is 5.84. The van der Waals surface area contributed by atoms with Crippen molar-refractivity contribution in [2.75, 3.05) is 13.1 Å². The second kappa shape index (κ2) is 3.85. The summed E-state index contributed by atoms with van der Waals surface area (Å²) in [5.74, 6) is -0.508. The third-order valence-corrected chi connectivity index (χ3v) is 2.52. The highest BCUT2D eigenvalue weighted by atomic mass is 19.1. The Balaban J connectivity index is 2.27. The largest absolute Gasteiger partial charge is 0.348 e. The number of carbonyl (C=O) groups is 1. The first-order valence-corrected chi connectivity index (χ1v) is 5.04. The lowest BCUT2D eigenvalue weighted by molar-refractivity contribution is -0.132. The predicted octanol–water partition coefficient (Wildman–Crippen LogP) is 0.943. The maximum absolute atomic E-state index is 13.1. The van der Waals surface area contributed by atoms with Crippen molar-refractivity contribution in [2.45, 2.75) is 45.4 Å². The first-order chi connectivity index (χ1) is 6.30. The molecule has 0 bridgehead atoms. The minimum atomic E-state index is -1.77. The molecule has 0 aromatic rings. The molecule has 1 fully saturated rings. The average Bonchev–Trinajstić information content (AvgIpc) is 1.92. The molecule has 0 spiro atoms. The molecule has 0 saturated carbocycles. The van der Waals surface area contributed by atoms with Gasteiger partial charge in [0.2, 0.25) is 0 Å². The van der Waals surface area contributed by atoms with Crippen molar-refractivity contribution in [1.82, 2.24) is 10.2 Å². The number of rotatable bonds is 3. The summed E-state index contributed by atoms with van der Waals surface area (Å²) < 4.78 is 13.1. The molecule has 0 aromatic heterocycles. The van der Waals surface area contributed by atoms with Crippen LogP contribution in [0.4, 0.5) is 4.39 Å². The van der Waals surface area contributed by atoms with Gasteiger partial charge in [0, 0.05) is 19.1 Å². The third-order valence-electron chi connectivity index (χ3n) is 2.52. The van der Waals surface area contributed by atoms with E-state index in [1.807, 2.05) is 0 Å². The Labute approximate surface area is 84.7 Å². The van der Waals surface area contributed by atoms with E-state index in [0.29, 0.717) is 6.04 Å². The van der Waals surface area contributed by atoms with Crippen molar-refractivity contribution in [1.29, 1.82) is 0 Å². The number of amides is 1. The quantitative estimate of drug-likeness (QED) is 0.739. The fraction of sp³-hybridized carbons (Fsp3) is 0.900. The smallest absolute Gasteiger partial charge is 0.257 e. The van der Waals surface area contributed by atoms with E-state index < -0.39 is 11.6 Å². The summed E-state index contributed by atoms with van der Waals surface area (Å²) in [6.07, 6.45) is 0. The molecule has 1 amide bonds. The summed E-state index contributed by atoms with van der Waals surface area (Å²) in [7, 11) is 0. The zero-order chi connectivity index (χ0) is 10.9. The van der Waals surface area contributed by atoms with Gasteiger partial charge in [0.25, 0.3) is 5.91 Å². The molecule has 1 saturated heterocycles. The number of likely N-dealkylation sites (tertiary alicyclic amines) is 1. The summed E-state index contributed by atoms with van der Waals surface area (Å²) in [6.45, 7) is 8.44. The van der Waals surface area contributed by atoms with Gasteiger partial charge in [0.05, 0.1) is 6.04 Å². The van der Waals surface area contributed by atoms with Gasteiger partial charge in [-0.1, -0.05) is 0 Å². The van der Waals surface area contributed by atoms with Crippen LogP contribution in [0.25, 0.3) is 0 Å². The van der Waals surface area contributed by atoms with Gasteiger partial charge in [-0.2, -0.15) is 0 Å². The molecule has 3 nitrogen and oxygen atoms in total. The van der Waals surface area contributed by atoms with Crippen molar-refractivity contribution >= 4 is 5.91 Å². The summed E-state index contributed by atoms with van der Waals surface area (Å²) in [5, 5.41) is 2.69.